The Balaban J connectivity index is 0.00000256. The smallest absolute Gasteiger partial charge is 0.261 e. The predicted octanol–water partition coefficient (Wildman–Crippen LogP) is 4.97. The van der Waals surface area contributed by atoms with Crippen LogP contribution in [0.3, 0.4) is 0 Å². The zero-order valence-electron chi connectivity index (χ0n) is 17.1. The Bertz CT molecular complexity index is 1030. The lowest BCUT2D eigenvalue weighted by atomic mass is 10.1. The molecule has 0 aliphatic carbocycles. The van der Waals surface area contributed by atoms with E-state index in [4.69, 9.17) is 21.3 Å². The standard InChI is InChI=1S/C22H24ClN3O2S.ClH/c1-15-7-8-19-20(16(15)2)24-22(29-19)26(10-9-25-11-13-28-14-12-25)21(27)17-5-3-4-6-18(17)23;/h3-8H,9-14H2,1-2H3;1H. The van der Waals surface area contributed by atoms with Gasteiger partial charge in [0.25, 0.3) is 5.91 Å². The van der Waals surface area contributed by atoms with Gasteiger partial charge in [0.15, 0.2) is 5.13 Å². The van der Waals surface area contributed by atoms with Crippen LogP contribution < -0.4 is 4.90 Å². The molecule has 5 nitrogen and oxygen atoms in total. The summed E-state index contributed by atoms with van der Waals surface area (Å²) < 4.78 is 6.53. The highest BCUT2D eigenvalue weighted by Gasteiger charge is 2.24. The predicted molar refractivity (Wildman–Crippen MR) is 127 cm³/mol. The number of aryl methyl sites for hydroxylation is 2. The minimum absolute atomic E-state index is 0. The van der Waals surface area contributed by atoms with Gasteiger partial charge in [-0.1, -0.05) is 41.1 Å². The highest BCUT2D eigenvalue weighted by molar-refractivity contribution is 7.22. The van der Waals surface area contributed by atoms with Gasteiger partial charge in [0.2, 0.25) is 0 Å². The molecule has 0 spiro atoms. The van der Waals surface area contributed by atoms with Crippen LogP contribution in [0.2, 0.25) is 5.02 Å². The molecule has 2 heterocycles. The van der Waals surface area contributed by atoms with Crippen LogP contribution in [0.4, 0.5) is 5.13 Å². The Morgan fingerprint density at radius 3 is 2.67 bits per heavy atom. The SMILES string of the molecule is Cc1ccc2sc(N(CCN3CCOCC3)C(=O)c3ccccc3Cl)nc2c1C.Cl. The number of nitrogens with zero attached hydrogens (tertiary/aromatic N) is 3. The van der Waals surface area contributed by atoms with Gasteiger partial charge in [-0.2, -0.15) is 0 Å². The minimum Gasteiger partial charge on any atom is -0.379 e. The van der Waals surface area contributed by atoms with Crippen molar-refractivity contribution in [2.24, 2.45) is 0 Å². The maximum Gasteiger partial charge on any atom is 0.261 e. The molecule has 1 fully saturated rings. The third kappa shape index (κ3) is 4.79. The number of hydrogen-bond acceptors (Lipinski definition) is 5. The molecule has 160 valence electrons. The number of ether oxygens (including phenoxy) is 1. The van der Waals surface area contributed by atoms with Crippen molar-refractivity contribution in [3.63, 3.8) is 0 Å². The average molecular weight is 466 g/mol. The molecule has 1 amide bonds. The van der Waals surface area contributed by atoms with Crippen LogP contribution in [0.15, 0.2) is 36.4 Å². The number of hydrogen-bond donors (Lipinski definition) is 0. The molecule has 3 aromatic rings. The molecule has 0 saturated carbocycles. The van der Waals surface area contributed by atoms with E-state index in [1.807, 2.05) is 12.1 Å². The monoisotopic (exact) mass is 465 g/mol. The number of amides is 1. The first-order valence-electron chi connectivity index (χ1n) is 9.78. The normalized spacial score (nSPS) is 14.5. The summed E-state index contributed by atoms with van der Waals surface area (Å²) in [7, 11) is 0. The molecule has 0 N–H and O–H groups in total. The molecule has 0 radical (unpaired) electrons. The van der Waals surface area contributed by atoms with Gasteiger partial charge in [0, 0.05) is 26.2 Å². The molecule has 0 atom stereocenters. The number of thiazole rings is 1. The molecule has 30 heavy (non-hydrogen) atoms. The van der Waals surface area contributed by atoms with Crippen molar-refractivity contribution in [1.82, 2.24) is 9.88 Å². The van der Waals surface area contributed by atoms with Gasteiger partial charge in [-0.05, 0) is 43.2 Å². The van der Waals surface area contributed by atoms with E-state index in [-0.39, 0.29) is 18.3 Å². The summed E-state index contributed by atoms with van der Waals surface area (Å²) in [5, 5.41) is 1.17. The average Bonchev–Trinajstić information content (AvgIpc) is 3.17. The second-order valence-corrected chi connectivity index (χ2v) is 8.66. The van der Waals surface area contributed by atoms with E-state index in [0.29, 0.717) is 22.3 Å². The lowest BCUT2D eigenvalue weighted by Crippen LogP contribution is -2.43. The van der Waals surface area contributed by atoms with E-state index in [1.165, 1.54) is 5.56 Å². The summed E-state index contributed by atoms with van der Waals surface area (Å²) in [5.41, 5.74) is 3.83. The highest BCUT2D eigenvalue weighted by Crippen LogP contribution is 2.33. The third-order valence-corrected chi connectivity index (χ3v) is 6.77. The minimum atomic E-state index is -0.114. The highest BCUT2D eigenvalue weighted by atomic mass is 35.5. The Morgan fingerprint density at radius 1 is 1.20 bits per heavy atom. The number of aromatic nitrogens is 1. The summed E-state index contributed by atoms with van der Waals surface area (Å²) in [5.74, 6) is -0.114. The van der Waals surface area contributed by atoms with Crippen molar-refractivity contribution >= 4 is 56.6 Å². The first-order chi connectivity index (χ1) is 14.0. The van der Waals surface area contributed by atoms with Crippen molar-refractivity contribution in [3.05, 3.63) is 58.1 Å². The maximum atomic E-state index is 13.4. The molecule has 8 heteroatoms. The fraction of sp³-hybridized carbons (Fsp3) is 0.364. The first kappa shape index (κ1) is 23.0. The molecule has 0 unspecified atom stereocenters. The molecule has 1 aliphatic heterocycles. The van der Waals surface area contributed by atoms with Crippen LogP contribution in [-0.2, 0) is 4.74 Å². The van der Waals surface area contributed by atoms with E-state index < -0.39 is 0 Å². The summed E-state index contributed by atoms with van der Waals surface area (Å²) in [6.07, 6.45) is 0. The number of rotatable bonds is 5. The Hall–Kier alpha value is -1.70. The number of carbonyl (C=O) groups is 1. The summed E-state index contributed by atoms with van der Waals surface area (Å²) in [6.45, 7) is 8.72. The van der Waals surface area contributed by atoms with Gasteiger partial charge >= 0.3 is 0 Å². The van der Waals surface area contributed by atoms with Crippen LogP contribution in [-0.4, -0.2) is 55.2 Å². The molecule has 4 rings (SSSR count). The van der Waals surface area contributed by atoms with Gasteiger partial charge in [0.05, 0.1) is 34.0 Å². The summed E-state index contributed by atoms with van der Waals surface area (Å²) in [4.78, 5) is 22.4. The van der Waals surface area contributed by atoms with Crippen LogP contribution in [0.25, 0.3) is 10.2 Å². The Kier molecular flexibility index (Phi) is 7.71. The van der Waals surface area contributed by atoms with Crippen LogP contribution in [0.1, 0.15) is 21.5 Å². The third-order valence-electron chi connectivity index (χ3n) is 5.40. The van der Waals surface area contributed by atoms with E-state index >= 15 is 0 Å². The van der Waals surface area contributed by atoms with Gasteiger partial charge in [-0.3, -0.25) is 14.6 Å². The zero-order chi connectivity index (χ0) is 20.4. The van der Waals surface area contributed by atoms with Gasteiger partial charge < -0.3 is 4.74 Å². The van der Waals surface area contributed by atoms with Crippen molar-refractivity contribution < 1.29 is 9.53 Å². The maximum absolute atomic E-state index is 13.4. The lowest BCUT2D eigenvalue weighted by molar-refractivity contribution is 0.0391. The number of fused-ring (bicyclic) bond motifs is 1. The van der Waals surface area contributed by atoms with Crippen LogP contribution in [0, 0.1) is 13.8 Å². The van der Waals surface area contributed by atoms with Crippen molar-refractivity contribution in [2.45, 2.75) is 13.8 Å². The van der Waals surface area contributed by atoms with Gasteiger partial charge in [0.1, 0.15) is 0 Å². The molecule has 0 bridgehead atoms. The molecule has 2 aromatic carbocycles. The quantitative estimate of drug-likeness (QED) is 0.533. The number of morpholine rings is 1. The first-order valence-corrected chi connectivity index (χ1v) is 11.0. The second-order valence-electron chi connectivity index (χ2n) is 7.24. The summed E-state index contributed by atoms with van der Waals surface area (Å²) in [6, 6.07) is 11.4. The molecule has 1 saturated heterocycles. The van der Waals surface area contributed by atoms with Crippen molar-refractivity contribution in [3.8, 4) is 0 Å². The largest absolute Gasteiger partial charge is 0.379 e. The van der Waals surface area contributed by atoms with E-state index in [9.17, 15) is 4.79 Å². The van der Waals surface area contributed by atoms with E-state index in [2.05, 4.69) is 30.9 Å². The Morgan fingerprint density at radius 2 is 1.93 bits per heavy atom. The van der Waals surface area contributed by atoms with Gasteiger partial charge in [-0.15, -0.1) is 12.4 Å². The number of carbonyl (C=O) groups excluding carboxylic acids is 1. The fourth-order valence-corrected chi connectivity index (χ4v) is 4.73. The van der Waals surface area contributed by atoms with Crippen LogP contribution in [0.5, 0.6) is 0 Å². The van der Waals surface area contributed by atoms with E-state index in [0.717, 1.165) is 48.6 Å². The van der Waals surface area contributed by atoms with E-state index in [1.54, 1.807) is 28.4 Å². The van der Waals surface area contributed by atoms with Gasteiger partial charge in [-0.25, -0.2) is 4.98 Å². The second kappa shape index (κ2) is 10.1. The number of anilines is 1. The van der Waals surface area contributed by atoms with Crippen molar-refractivity contribution in [1.29, 1.82) is 0 Å². The zero-order valence-corrected chi connectivity index (χ0v) is 19.4. The molecule has 1 aliphatic rings. The number of halogens is 2. The van der Waals surface area contributed by atoms with Crippen LogP contribution >= 0.6 is 35.3 Å². The molecular weight excluding hydrogens is 441 g/mol. The Labute approximate surface area is 192 Å². The topological polar surface area (TPSA) is 45.7 Å². The summed E-state index contributed by atoms with van der Waals surface area (Å²) >= 11 is 7.88. The molecular formula is C22H25Cl2N3O2S. The lowest BCUT2D eigenvalue weighted by Gasteiger charge is -2.29. The number of benzene rings is 2. The van der Waals surface area contributed by atoms with Crippen molar-refractivity contribution in [2.75, 3.05) is 44.3 Å². The fourth-order valence-electron chi connectivity index (χ4n) is 3.46. The molecule has 1 aromatic heterocycles.